The number of pyridine rings is 1. The molecular formula is C12H17FN2O2. The van der Waals surface area contributed by atoms with Crippen LogP contribution in [-0.2, 0) is 5.60 Å². The van der Waals surface area contributed by atoms with E-state index in [1.165, 1.54) is 19.4 Å². The first-order chi connectivity index (χ1) is 8.17. The lowest BCUT2D eigenvalue weighted by Crippen LogP contribution is -2.28. The highest BCUT2D eigenvalue weighted by Crippen LogP contribution is 2.34. The molecule has 1 aliphatic rings. The Kier molecular flexibility index (Phi) is 3.59. The minimum Gasteiger partial charge on any atom is -0.479 e. The van der Waals surface area contributed by atoms with Gasteiger partial charge in [0.2, 0.25) is 5.88 Å². The number of nitrogens with one attached hydrogen (secondary N) is 1. The second-order valence-electron chi connectivity index (χ2n) is 4.32. The zero-order valence-electron chi connectivity index (χ0n) is 9.87. The normalized spacial score (nSPS) is 25.4. The first-order valence-corrected chi connectivity index (χ1v) is 5.79. The predicted molar refractivity (Wildman–Crippen MR) is 61.4 cm³/mol. The van der Waals surface area contributed by atoms with E-state index in [4.69, 9.17) is 4.74 Å². The molecule has 0 radical (unpaired) electrons. The van der Waals surface area contributed by atoms with Gasteiger partial charge in [-0.25, -0.2) is 9.37 Å². The van der Waals surface area contributed by atoms with Crippen LogP contribution in [0.5, 0.6) is 5.88 Å². The van der Waals surface area contributed by atoms with Crippen LogP contribution in [0.1, 0.15) is 24.8 Å². The van der Waals surface area contributed by atoms with Gasteiger partial charge in [0.25, 0.3) is 0 Å². The van der Waals surface area contributed by atoms with Crippen LogP contribution in [0.15, 0.2) is 12.3 Å². The van der Waals surface area contributed by atoms with Crippen molar-refractivity contribution in [3.8, 4) is 5.88 Å². The van der Waals surface area contributed by atoms with E-state index in [1.807, 2.05) is 0 Å². The Labute approximate surface area is 99.8 Å². The summed E-state index contributed by atoms with van der Waals surface area (Å²) in [7, 11) is 1.37. The monoisotopic (exact) mass is 240 g/mol. The molecule has 1 fully saturated rings. The van der Waals surface area contributed by atoms with Gasteiger partial charge in [-0.05, 0) is 38.4 Å². The predicted octanol–water partition coefficient (Wildman–Crippen LogP) is 1.19. The van der Waals surface area contributed by atoms with Crippen molar-refractivity contribution in [3.63, 3.8) is 0 Å². The molecule has 4 nitrogen and oxygen atoms in total. The summed E-state index contributed by atoms with van der Waals surface area (Å²) >= 11 is 0. The maximum absolute atomic E-state index is 14.1. The minimum atomic E-state index is -1.12. The Bertz CT molecular complexity index is 390. The molecule has 5 heteroatoms. The maximum Gasteiger partial charge on any atom is 0.250 e. The summed E-state index contributed by atoms with van der Waals surface area (Å²) in [6, 6.07) is 1.53. The van der Waals surface area contributed by atoms with Crippen LogP contribution in [0.25, 0.3) is 0 Å². The lowest BCUT2D eigenvalue weighted by molar-refractivity contribution is 0.0199. The van der Waals surface area contributed by atoms with Crippen molar-refractivity contribution >= 4 is 0 Å². The maximum atomic E-state index is 14.1. The lowest BCUT2D eigenvalue weighted by atomic mass is 9.87. The Morgan fingerprint density at radius 3 is 3.06 bits per heavy atom. The van der Waals surface area contributed by atoms with Crippen molar-refractivity contribution in [1.82, 2.24) is 10.3 Å². The summed E-state index contributed by atoms with van der Waals surface area (Å²) in [5.41, 5.74) is -0.836. The Morgan fingerprint density at radius 2 is 2.29 bits per heavy atom. The summed E-state index contributed by atoms with van der Waals surface area (Å²) in [5, 5.41) is 13.8. The molecule has 1 atom stereocenters. The number of nitrogens with zero attached hydrogens (tertiary/aromatic N) is 1. The van der Waals surface area contributed by atoms with E-state index in [0.29, 0.717) is 19.4 Å². The molecule has 17 heavy (non-hydrogen) atoms. The molecule has 0 spiro atoms. The number of methoxy groups -OCH3 is 1. The summed E-state index contributed by atoms with van der Waals surface area (Å²) in [4.78, 5) is 3.78. The smallest absolute Gasteiger partial charge is 0.250 e. The number of rotatable bonds is 2. The van der Waals surface area contributed by atoms with Crippen molar-refractivity contribution in [1.29, 1.82) is 0 Å². The van der Waals surface area contributed by atoms with E-state index in [1.54, 1.807) is 0 Å². The number of ether oxygens (including phenoxy) is 1. The second-order valence-corrected chi connectivity index (χ2v) is 4.32. The van der Waals surface area contributed by atoms with E-state index < -0.39 is 11.4 Å². The molecule has 0 amide bonds. The van der Waals surface area contributed by atoms with Crippen LogP contribution < -0.4 is 10.1 Å². The van der Waals surface area contributed by atoms with Crippen LogP contribution in [0, 0.1) is 5.82 Å². The summed E-state index contributed by atoms with van der Waals surface area (Å²) in [6.07, 6.45) is 3.33. The molecule has 2 rings (SSSR count). The second kappa shape index (κ2) is 4.98. The molecule has 1 saturated heterocycles. The first kappa shape index (κ1) is 12.3. The van der Waals surface area contributed by atoms with Gasteiger partial charge in [-0.1, -0.05) is 0 Å². The van der Waals surface area contributed by atoms with Crippen molar-refractivity contribution in [2.45, 2.75) is 24.9 Å². The van der Waals surface area contributed by atoms with Crippen molar-refractivity contribution < 1.29 is 14.2 Å². The van der Waals surface area contributed by atoms with E-state index in [-0.39, 0.29) is 11.4 Å². The van der Waals surface area contributed by atoms with Gasteiger partial charge in [0.05, 0.1) is 12.7 Å². The third-order valence-corrected chi connectivity index (χ3v) is 3.21. The van der Waals surface area contributed by atoms with Gasteiger partial charge in [-0.3, -0.25) is 0 Å². The number of hydrogen-bond donors (Lipinski definition) is 2. The number of halogens is 1. The van der Waals surface area contributed by atoms with Gasteiger partial charge in [-0.15, -0.1) is 0 Å². The van der Waals surface area contributed by atoms with Crippen LogP contribution in [0.2, 0.25) is 0 Å². The quantitative estimate of drug-likeness (QED) is 0.815. The SMILES string of the molecule is COc1nccc(C2(O)CCCNCC2)c1F. The van der Waals surface area contributed by atoms with E-state index in [9.17, 15) is 9.50 Å². The summed E-state index contributed by atoms with van der Waals surface area (Å²) < 4.78 is 18.9. The van der Waals surface area contributed by atoms with Gasteiger partial charge in [-0.2, -0.15) is 0 Å². The highest BCUT2D eigenvalue weighted by molar-refractivity contribution is 5.29. The van der Waals surface area contributed by atoms with Gasteiger partial charge in [0.1, 0.15) is 0 Å². The summed E-state index contributed by atoms with van der Waals surface area (Å²) in [6.45, 7) is 1.53. The van der Waals surface area contributed by atoms with E-state index >= 15 is 0 Å². The summed E-state index contributed by atoms with van der Waals surface area (Å²) in [5.74, 6) is -0.618. The van der Waals surface area contributed by atoms with Crippen LogP contribution in [0.4, 0.5) is 4.39 Å². The fourth-order valence-corrected chi connectivity index (χ4v) is 2.25. The average Bonchev–Trinajstić information content (AvgIpc) is 2.55. The first-order valence-electron chi connectivity index (χ1n) is 5.79. The molecule has 2 N–H and O–H groups in total. The number of hydrogen-bond acceptors (Lipinski definition) is 4. The van der Waals surface area contributed by atoms with Crippen molar-refractivity contribution in [2.75, 3.05) is 20.2 Å². The Morgan fingerprint density at radius 1 is 1.47 bits per heavy atom. The van der Waals surface area contributed by atoms with Gasteiger partial charge in [0, 0.05) is 11.8 Å². The van der Waals surface area contributed by atoms with Crippen LogP contribution in [0.3, 0.4) is 0 Å². The highest BCUT2D eigenvalue weighted by atomic mass is 19.1. The Balaban J connectivity index is 2.37. The van der Waals surface area contributed by atoms with Crippen LogP contribution in [-0.4, -0.2) is 30.3 Å². The number of aliphatic hydroxyl groups is 1. The zero-order chi connectivity index (χ0) is 12.3. The van der Waals surface area contributed by atoms with E-state index in [2.05, 4.69) is 10.3 Å². The van der Waals surface area contributed by atoms with Gasteiger partial charge >= 0.3 is 0 Å². The van der Waals surface area contributed by atoms with E-state index in [0.717, 1.165) is 13.0 Å². The minimum absolute atomic E-state index is 0.0619. The standard InChI is InChI=1S/C12H17FN2O2/c1-17-11-10(13)9(3-7-15-11)12(16)4-2-6-14-8-5-12/h3,7,14,16H,2,4-6,8H2,1H3. The molecule has 1 aromatic heterocycles. The highest BCUT2D eigenvalue weighted by Gasteiger charge is 2.33. The molecule has 0 bridgehead atoms. The average molecular weight is 240 g/mol. The molecular weight excluding hydrogens is 223 g/mol. The van der Waals surface area contributed by atoms with Crippen molar-refractivity contribution in [3.05, 3.63) is 23.6 Å². The fourth-order valence-electron chi connectivity index (χ4n) is 2.25. The lowest BCUT2D eigenvalue weighted by Gasteiger charge is -2.27. The molecule has 1 aromatic rings. The third-order valence-electron chi connectivity index (χ3n) is 3.21. The van der Waals surface area contributed by atoms with Crippen molar-refractivity contribution in [2.24, 2.45) is 0 Å². The Hall–Kier alpha value is -1.20. The number of aromatic nitrogens is 1. The molecule has 0 aromatic carbocycles. The molecule has 0 saturated carbocycles. The topological polar surface area (TPSA) is 54.4 Å². The zero-order valence-corrected chi connectivity index (χ0v) is 9.87. The largest absolute Gasteiger partial charge is 0.479 e. The molecule has 94 valence electrons. The molecule has 1 unspecified atom stereocenters. The third kappa shape index (κ3) is 2.40. The van der Waals surface area contributed by atoms with Gasteiger partial charge in [0.15, 0.2) is 5.82 Å². The molecule has 1 aliphatic heterocycles. The molecule has 2 heterocycles. The molecule has 0 aliphatic carbocycles. The van der Waals surface area contributed by atoms with Gasteiger partial charge < -0.3 is 15.2 Å². The fraction of sp³-hybridized carbons (Fsp3) is 0.583. The van der Waals surface area contributed by atoms with Crippen LogP contribution >= 0.6 is 0 Å².